The minimum atomic E-state index is -0.983. The zero-order valence-electron chi connectivity index (χ0n) is 17.8. The Hall–Kier alpha value is -3.39. The number of carbonyl (C=O) groups is 1. The van der Waals surface area contributed by atoms with E-state index < -0.39 is 17.8 Å². The van der Waals surface area contributed by atoms with E-state index in [0.717, 1.165) is 29.0 Å². The van der Waals surface area contributed by atoms with Crippen LogP contribution in [0.3, 0.4) is 0 Å². The van der Waals surface area contributed by atoms with Crippen molar-refractivity contribution in [2.24, 2.45) is 0 Å². The van der Waals surface area contributed by atoms with Gasteiger partial charge in [-0.15, -0.1) is 10.2 Å². The molecule has 4 aromatic rings. The Bertz CT molecular complexity index is 1440. The third kappa shape index (κ3) is 3.05. The van der Waals surface area contributed by atoms with E-state index in [-0.39, 0.29) is 22.3 Å². The minimum Gasteiger partial charge on any atom is -0.450 e. The smallest absolute Gasteiger partial charge is 0.297 e. The lowest BCUT2D eigenvalue weighted by atomic mass is 9.97. The van der Waals surface area contributed by atoms with Crippen molar-refractivity contribution >= 4 is 33.3 Å². The molecule has 6 nitrogen and oxygen atoms in total. The van der Waals surface area contributed by atoms with Crippen molar-refractivity contribution in [3.05, 3.63) is 85.5 Å². The van der Waals surface area contributed by atoms with Crippen LogP contribution in [0.4, 0.5) is 9.52 Å². The topological polar surface area (TPSA) is 76.3 Å². The highest BCUT2D eigenvalue weighted by atomic mass is 32.1. The molecule has 2 aromatic heterocycles. The largest absolute Gasteiger partial charge is 0.450 e. The van der Waals surface area contributed by atoms with E-state index in [1.54, 1.807) is 30.3 Å². The lowest BCUT2D eigenvalue weighted by Gasteiger charge is -2.22. The summed E-state index contributed by atoms with van der Waals surface area (Å²) in [7, 11) is 0. The van der Waals surface area contributed by atoms with E-state index in [1.807, 2.05) is 20.8 Å². The molecule has 5 rings (SSSR count). The first-order chi connectivity index (χ1) is 15.4. The zero-order chi connectivity index (χ0) is 22.6. The van der Waals surface area contributed by atoms with Gasteiger partial charge in [0.1, 0.15) is 22.4 Å². The summed E-state index contributed by atoms with van der Waals surface area (Å²) in [6, 6.07) is 8.67. The summed E-state index contributed by atoms with van der Waals surface area (Å²) in [6.45, 7) is 5.84. The van der Waals surface area contributed by atoms with Crippen molar-refractivity contribution in [3.63, 3.8) is 0 Å². The summed E-state index contributed by atoms with van der Waals surface area (Å²) >= 11 is 1.27. The van der Waals surface area contributed by atoms with Crippen LogP contribution in [0.5, 0.6) is 0 Å². The van der Waals surface area contributed by atoms with Crippen LogP contribution in [0.15, 0.2) is 45.6 Å². The highest BCUT2D eigenvalue weighted by Gasteiger charge is 2.46. The first-order valence-corrected chi connectivity index (χ1v) is 11.2. The molecule has 1 unspecified atom stereocenters. The van der Waals surface area contributed by atoms with Crippen LogP contribution in [0.2, 0.25) is 0 Å². The van der Waals surface area contributed by atoms with Crippen molar-refractivity contribution in [1.82, 2.24) is 10.2 Å². The number of rotatable bonds is 4. The van der Waals surface area contributed by atoms with Crippen molar-refractivity contribution in [2.75, 3.05) is 4.90 Å². The second-order valence-electron chi connectivity index (χ2n) is 7.93. The Morgan fingerprint density at radius 3 is 2.62 bits per heavy atom. The van der Waals surface area contributed by atoms with E-state index in [2.05, 4.69) is 10.2 Å². The molecule has 162 valence electrons. The van der Waals surface area contributed by atoms with Gasteiger partial charge in [0.2, 0.25) is 10.9 Å². The first kappa shape index (κ1) is 20.5. The zero-order valence-corrected chi connectivity index (χ0v) is 18.6. The van der Waals surface area contributed by atoms with Crippen LogP contribution in [0.25, 0.3) is 11.0 Å². The SMILES string of the molecule is CCCc1nnc(N2C(=O)c3oc4cc(C)c(C)cc4c(=O)c3C2c2ccccc2F)s1. The van der Waals surface area contributed by atoms with Gasteiger partial charge in [0.05, 0.1) is 10.9 Å². The minimum absolute atomic E-state index is 0.0775. The molecule has 1 aliphatic rings. The molecule has 0 saturated carbocycles. The maximum absolute atomic E-state index is 14.9. The summed E-state index contributed by atoms with van der Waals surface area (Å²) in [5.74, 6) is -1.11. The molecule has 0 aliphatic carbocycles. The molecule has 0 fully saturated rings. The van der Waals surface area contributed by atoms with Crippen molar-refractivity contribution in [3.8, 4) is 0 Å². The Kier molecular flexibility index (Phi) is 4.89. The first-order valence-electron chi connectivity index (χ1n) is 10.4. The number of fused-ring (bicyclic) bond motifs is 2. The van der Waals surface area contributed by atoms with Crippen LogP contribution in [-0.2, 0) is 6.42 Å². The number of aromatic nitrogens is 2. The van der Waals surface area contributed by atoms with Crippen LogP contribution < -0.4 is 10.3 Å². The standard InChI is InChI=1S/C24H20FN3O3S/c1-4-7-18-26-27-24(32-18)28-20(14-8-5-6-9-16(14)25)19-21(29)15-10-12(2)13(3)11-17(15)31-22(19)23(28)30/h5-6,8-11,20H,4,7H2,1-3H3. The Labute approximate surface area is 187 Å². The molecule has 3 heterocycles. The molecular weight excluding hydrogens is 429 g/mol. The van der Waals surface area contributed by atoms with Crippen LogP contribution >= 0.6 is 11.3 Å². The second kappa shape index (κ2) is 7.63. The lowest BCUT2D eigenvalue weighted by molar-refractivity contribution is 0.0970. The molecule has 1 amide bonds. The number of anilines is 1. The van der Waals surface area contributed by atoms with Gasteiger partial charge in [-0.3, -0.25) is 14.5 Å². The fourth-order valence-corrected chi connectivity index (χ4v) is 5.04. The summed E-state index contributed by atoms with van der Waals surface area (Å²) in [6.07, 6.45) is 1.60. The number of halogens is 1. The van der Waals surface area contributed by atoms with Crippen LogP contribution in [0, 0.1) is 19.7 Å². The summed E-state index contributed by atoms with van der Waals surface area (Å²) < 4.78 is 20.9. The number of carbonyl (C=O) groups excluding carboxylic acids is 1. The molecule has 32 heavy (non-hydrogen) atoms. The van der Waals surface area contributed by atoms with Gasteiger partial charge in [0.15, 0.2) is 5.43 Å². The Morgan fingerprint density at radius 1 is 1.12 bits per heavy atom. The van der Waals surface area contributed by atoms with Gasteiger partial charge in [0, 0.05) is 12.0 Å². The fourth-order valence-electron chi connectivity index (χ4n) is 4.07. The van der Waals surface area contributed by atoms with Crippen LogP contribution in [0.1, 0.15) is 57.2 Å². The van der Waals surface area contributed by atoms with Gasteiger partial charge < -0.3 is 4.42 Å². The number of amides is 1. The van der Waals surface area contributed by atoms with Gasteiger partial charge in [-0.05, 0) is 49.6 Å². The van der Waals surface area contributed by atoms with Gasteiger partial charge in [-0.1, -0.05) is 36.5 Å². The third-order valence-corrected chi connectivity index (χ3v) is 6.79. The molecule has 0 bridgehead atoms. The predicted molar refractivity (Wildman–Crippen MR) is 121 cm³/mol. The van der Waals surface area contributed by atoms with Gasteiger partial charge >= 0.3 is 0 Å². The predicted octanol–water partition coefficient (Wildman–Crippen LogP) is 5.10. The molecule has 1 atom stereocenters. The Balaban J connectivity index is 1.80. The van der Waals surface area contributed by atoms with E-state index in [4.69, 9.17) is 4.42 Å². The highest BCUT2D eigenvalue weighted by molar-refractivity contribution is 7.15. The van der Waals surface area contributed by atoms with E-state index in [9.17, 15) is 14.0 Å². The third-order valence-electron chi connectivity index (χ3n) is 5.81. The molecule has 0 saturated heterocycles. The molecular formula is C24H20FN3O3S. The number of aryl methyl sites for hydroxylation is 3. The Morgan fingerprint density at radius 2 is 1.88 bits per heavy atom. The average Bonchev–Trinajstić information content (AvgIpc) is 3.33. The van der Waals surface area contributed by atoms with Crippen LogP contribution in [-0.4, -0.2) is 16.1 Å². The maximum Gasteiger partial charge on any atom is 0.297 e. The van der Waals surface area contributed by atoms with Gasteiger partial charge in [0.25, 0.3) is 5.91 Å². The molecule has 0 N–H and O–H groups in total. The van der Waals surface area contributed by atoms with E-state index >= 15 is 0 Å². The summed E-state index contributed by atoms with van der Waals surface area (Å²) in [5.41, 5.74) is 2.21. The number of hydrogen-bond acceptors (Lipinski definition) is 6. The second-order valence-corrected chi connectivity index (χ2v) is 8.97. The maximum atomic E-state index is 14.9. The van der Waals surface area contributed by atoms with E-state index in [1.165, 1.54) is 22.3 Å². The monoisotopic (exact) mass is 449 g/mol. The highest BCUT2D eigenvalue weighted by Crippen LogP contribution is 2.43. The quantitative estimate of drug-likeness (QED) is 0.433. The fraction of sp³-hybridized carbons (Fsp3) is 0.250. The lowest BCUT2D eigenvalue weighted by Crippen LogP contribution is -2.30. The van der Waals surface area contributed by atoms with Gasteiger partial charge in [-0.2, -0.15) is 0 Å². The molecule has 0 radical (unpaired) electrons. The molecule has 8 heteroatoms. The van der Waals surface area contributed by atoms with Crippen molar-refractivity contribution in [2.45, 2.75) is 39.7 Å². The molecule has 0 spiro atoms. The molecule has 1 aliphatic heterocycles. The van der Waals surface area contributed by atoms with Gasteiger partial charge in [-0.25, -0.2) is 4.39 Å². The molecule has 2 aromatic carbocycles. The summed E-state index contributed by atoms with van der Waals surface area (Å²) in [4.78, 5) is 28.5. The average molecular weight is 450 g/mol. The normalized spacial score (nSPS) is 15.6. The van der Waals surface area contributed by atoms with Crippen molar-refractivity contribution < 1.29 is 13.6 Å². The number of benzene rings is 2. The van der Waals surface area contributed by atoms with Crippen molar-refractivity contribution in [1.29, 1.82) is 0 Å². The van der Waals surface area contributed by atoms with E-state index in [0.29, 0.717) is 16.1 Å². The number of hydrogen-bond donors (Lipinski definition) is 0. The summed E-state index contributed by atoms with van der Waals surface area (Å²) in [5, 5.41) is 9.82. The number of nitrogens with zero attached hydrogens (tertiary/aromatic N) is 3.